The molecule has 0 bridgehead atoms. The summed E-state index contributed by atoms with van der Waals surface area (Å²) in [6.45, 7) is 2.73. The van der Waals surface area contributed by atoms with E-state index in [4.69, 9.17) is 0 Å². The van der Waals surface area contributed by atoms with Crippen molar-refractivity contribution in [2.45, 2.75) is 71.1 Å². The van der Waals surface area contributed by atoms with Crippen LogP contribution in [0.2, 0.25) is 0 Å². The van der Waals surface area contributed by atoms with Crippen LogP contribution >= 0.6 is 0 Å². The van der Waals surface area contributed by atoms with Gasteiger partial charge in [0.25, 0.3) is 0 Å². The average Bonchev–Trinajstić information content (AvgIpc) is 2.32. The smallest absolute Gasteiger partial charge is 0.310 e. The van der Waals surface area contributed by atoms with Crippen molar-refractivity contribution in [2.75, 3.05) is 6.54 Å². The van der Waals surface area contributed by atoms with Crippen molar-refractivity contribution in [3.8, 4) is 0 Å². The molecule has 0 saturated heterocycles. The average molecular weight is 269 g/mol. The van der Waals surface area contributed by atoms with Crippen LogP contribution in [0, 0.1) is 5.41 Å². The number of carbonyl (C=O) groups is 2. The predicted molar refractivity (Wildman–Crippen MR) is 74.9 cm³/mol. The first-order valence-electron chi connectivity index (χ1n) is 7.61. The zero-order valence-corrected chi connectivity index (χ0v) is 12.0. The third-order valence-corrected chi connectivity index (χ3v) is 4.12. The quantitative estimate of drug-likeness (QED) is 0.728. The Morgan fingerprint density at radius 1 is 1.11 bits per heavy atom. The minimum absolute atomic E-state index is 0.101. The topological polar surface area (TPSA) is 66.4 Å². The summed E-state index contributed by atoms with van der Waals surface area (Å²) in [5.41, 5.74) is -0.823. The maximum Gasteiger partial charge on any atom is 0.310 e. The number of hydrogen-bond acceptors (Lipinski definition) is 2. The summed E-state index contributed by atoms with van der Waals surface area (Å²) in [5.74, 6) is -0.892. The molecule has 1 rings (SSSR count). The van der Waals surface area contributed by atoms with Crippen molar-refractivity contribution in [2.24, 2.45) is 5.41 Å². The molecule has 1 fully saturated rings. The summed E-state index contributed by atoms with van der Waals surface area (Å²) in [7, 11) is 0. The fourth-order valence-corrected chi connectivity index (χ4v) is 2.82. The summed E-state index contributed by atoms with van der Waals surface area (Å²) in [4.78, 5) is 23.5. The second-order valence-corrected chi connectivity index (χ2v) is 5.73. The van der Waals surface area contributed by atoms with Crippen LogP contribution in [0.25, 0.3) is 0 Å². The van der Waals surface area contributed by atoms with Gasteiger partial charge >= 0.3 is 5.97 Å². The first-order chi connectivity index (χ1) is 9.10. The zero-order chi connectivity index (χ0) is 14.1. The number of rotatable bonds is 6. The molecule has 1 aliphatic rings. The molecule has 4 nitrogen and oxygen atoms in total. The van der Waals surface area contributed by atoms with E-state index < -0.39 is 11.4 Å². The number of hydrogen-bond donors (Lipinski definition) is 2. The number of aliphatic carboxylic acids is 1. The largest absolute Gasteiger partial charge is 0.481 e. The molecule has 1 saturated carbocycles. The first-order valence-corrected chi connectivity index (χ1v) is 7.61. The second kappa shape index (κ2) is 8.18. The van der Waals surface area contributed by atoms with Gasteiger partial charge in [-0.3, -0.25) is 9.59 Å². The summed E-state index contributed by atoms with van der Waals surface area (Å²) in [6, 6.07) is 0. The number of amides is 1. The van der Waals surface area contributed by atoms with Gasteiger partial charge in [0, 0.05) is 13.0 Å². The molecule has 0 heterocycles. The molecular weight excluding hydrogens is 242 g/mol. The lowest BCUT2D eigenvalue weighted by Crippen LogP contribution is -2.38. The van der Waals surface area contributed by atoms with E-state index >= 15 is 0 Å². The lowest BCUT2D eigenvalue weighted by atomic mass is 9.73. The molecule has 0 aromatic rings. The molecule has 0 radical (unpaired) electrons. The molecule has 0 aliphatic heterocycles. The van der Waals surface area contributed by atoms with E-state index in [0.717, 1.165) is 38.5 Å². The van der Waals surface area contributed by atoms with E-state index in [0.29, 0.717) is 19.4 Å². The number of unbranched alkanes of at least 4 members (excludes halogenated alkanes) is 1. The lowest BCUT2D eigenvalue weighted by Gasteiger charge is -2.30. The molecule has 0 unspecified atom stereocenters. The van der Waals surface area contributed by atoms with Gasteiger partial charge in [0.2, 0.25) is 5.91 Å². The summed E-state index contributed by atoms with van der Waals surface area (Å²) >= 11 is 0. The molecule has 0 aromatic heterocycles. The van der Waals surface area contributed by atoms with Crippen LogP contribution in [0.15, 0.2) is 0 Å². The summed E-state index contributed by atoms with van der Waals surface area (Å²) in [6.07, 6.45) is 8.63. The van der Waals surface area contributed by atoms with Crippen LogP contribution < -0.4 is 5.32 Å². The van der Waals surface area contributed by atoms with Gasteiger partial charge in [0.15, 0.2) is 0 Å². The van der Waals surface area contributed by atoms with Crippen molar-refractivity contribution in [1.29, 1.82) is 0 Å². The summed E-state index contributed by atoms with van der Waals surface area (Å²) < 4.78 is 0. The van der Waals surface area contributed by atoms with Crippen LogP contribution in [-0.4, -0.2) is 23.5 Å². The van der Waals surface area contributed by atoms with Crippen molar-refractivity contribution < 1.29 is 14.7 Å². The highest BCUT2D eigenvalue weighted by Gasteiger charge is 2.39. The number of nitrogens with one attached hydrogen (secondary N) is 1. The number of carbonyl (C=O) groups excluding carboxylic acids is 1. The molecule has 1 amide bonds. The Hall–Kier alpha value is -1.06. The fraction of sp³-hybridized carbons (Fsp3) is 0.867. The summed E-state index contributed by atoms with van der Waals surface area (Å²) in [5, 5.41) is 12.4. The maximum atomic E-state index is 11.9. The highest BCUT2D eigenvalue weighted by atomic mass is 16.4. The Morgan fingerprint density at radius 2 is 1.68 bits per heavy atom. The maximum absolute atomic E-state index is 11.9. The Balaban J connectivity index is 2.58. The van der Waals surface area contributed by atoms with Gasteiger partial charge in [0.1, 0.15) is 0 Å². The van der Waals surface area contributed by atoms with Gasteiger partial charge in [-0.25, -0.2) is 0 Å². The standard InChI is InChI=1S/C15H27NO3/c1-2-3-11-16-13(17)12-15(14(18)19)9-7-5-4-6-8-10-15/h2-12H2,1H3,(H,16,17)(H,18,19). The van der Waals surface area contributed by atoms with Gasteiger partial charge in [-0.2, -0.15) is 0 Å². The highest BCUT2D eigenvalue weighted by Crippen LogP contribution is 2.37. The third-order valence-electron chi connectivity index (χ3n) is 4.12. The van der Waals surface area contributed by atoms with Gasteiger partial charge in [-0.05, 0) is 19.3 Å². The van der Waals surface area contributed by atoms with Crippen LogP contribution in [0.5, 0.6) is 0 Å². The predicted octanol–water partition coefficient (Wildman–Crippen LogP) is 3.11. The van der Waals surface area contributed by atoms with E-state index in [1.54, 1.807) is 0 Å². The Kier molecular flexibility index (Phi) is 6.89. The first kappa shape index (κ1) is 16.0. The van der Waals surface area contributed by atoms with E-state index in [9.17, 15) is 14.7 Å². The van der Waals surface area contributed by atoms with Crippen molar-refractivity contribution in [3.63, 3.8) is 0 Å². The van der Waals surface area contributed by atoms with Crippen molar-refractivity contribution >= 4 is 11.9 Å². The minimum atomic E-state index is -0.823. The molecule has 0 atom stereocenters. The Morgan fingerprint density at radius 3 is 2.21 bits per heavy atom. The Labute approximate surface area is 116 Å². The highest BCUT2D eigenvalue weighted by molar-refractivity contribution is 5.84. The van der Waals surface area contributed by atoms with E-state index in [-0.39, 0.29) is 12.3 Å². The van der Waals surface area contributed by atoms with Crippen LogP contribution in [0.4, 0.5) is 0 Å². The zero-order valence-electron chi connectivity index (χ0n) is 12.0. The molecule has 4 heteroatoms. The van der Waals surface area contributed by atoms with Crippen molar-refractivity contribution in [3.05, 3.63) is 0 Å². The van der Waals surface area contributed by atoms with Gasteiger partial charge < -0.3 is 10.4 Å². The molecule has 0 spiro atoms. The van der Waals surface area contributed by atoms with E-state index in [1.807, 2.05) is 0 Å². The van der Waals surface area contributed by atoms with E-state index in [2.05, 4.69) is 12.2 Å². The van der Waals surface area contributed by atoms with Gasteiger partial charge in [-0.1, -0.05) is 45.4 Å². The normalized spacial score (nSPS) is 19.2. The Bertz CT molecular complexity index is 294. The van der Waals surface area contributed by atoms with Crippen LogP contribution in [0.3, 0.4) is 0 Å². The molecule has 110 valence electrons. The molecule has 19 heavy (non-hydrogen) atoms. The van der Waals surface area contributed by atoms with Gasteiger partial charge in [-0.15, -0.1) is 0 Å². The number of carboxylic acid groups (broad SMARTS) is 1. The van der Waals surface area contributed by atoms with E-state index in [1.165, 1.54) is 6.42 Å². The fourth-order valence-electron chi connectivity index (χ4n) is 2.82. The third kappa shape index (κ3) is 5.21. The second-order valence-electron chi connectivity index (χ2n) is 5.73. The number of carboxylic acids is 1. The minimum Gasteiger partial charge on any atom is -0.481 e. The van der Waals surface area contributed by atoms with Crippen molar-refractivity contribution in [1.82, 2.24) is 5.32 Å². The molecule has 1 aliphatic carbocycles. The molecule has 2 N–H and O–H groups in total. The van der Waals surface area contributed by atoms with Gasteiger partial charge in [0.05, 0.1) is 5.41 Å². The van der Waals surface area contributed by atoms with Crippen LogP contribution in [-0.2, 0) is 9.59 Å². The monoisotopic (exact) mass is 269 g/mol. The lowest BCUT2D eigenvalue weighted by molar-refractivity contribution is -0.153. The SMILES string of the molecule is CCCCNC(=O)CC1(C(=O)O)CCCCCCC1. The molecular formula is C15H27NO3. The molecule has 0 aromatic carbocycles. The van der Waals surface area contributed by atoms with Crippen LogP contribution in [0.1, 0.15) is 71.1 Å².